The Morgan fingerprint density at radius 3 is 2.14 bits per heavy atom. The topological polar surface area (TPSA) is 86.8 Å². The number of carbonyl (C=O) groups is 2. The molecule has 1 N–H and O–H groups in total. The summed E-state index contributed by atoms with van der Waals surface area (Å²) in [5.74, 6) is -0.614. The van der Waals surface area contributed by atoms with E-state index in [2.05, 4.69) is 5.32 Å². The molecule has 37 heavy (non-hydrogen) atoms. The number of hydrogen-bond donors (Lipinski definition) is 1. The fourth-order valence-corrected chi connectivity index (χ4v) is 5.45. The van der Waals surface area contributed by atoms with Crippen LogP contribution in [0.15, 0.2) is 36.4 Å². The normalized spacial score (nSPS) is 13.1. The molecule has 2 aromatic rings. The Morgan fingerprint density at radius 1 is 1.00 bits per heavy atom. The van der Waals surface area contributed by atoms with Gasteiger partial charge in [0.25, 0.3) is 0 Å². The second-order valence-corrected chi connectivity index (χ2v) is 12.2. The molecule has 0 bridgehead atoms. The van der Waals surface area contributed by atoms with Gasteiger partial charge in [0.05, 0.1) is 11.9 Å². The van der Waals surface area contributed by atoms with Gasteiger partial charge in [-0.25, -0.2) is 8.42 Å². The van der Waals surface area contributed by atoms with Gasteiger partial charge in [0, 0.05) is 46.2 Å². The van der Waals surface area contributed by atoms with E-state index in [1.807, 2.05) is 13.8 Å². The van der Waals surface area contributed by atoms with Crippen molar-refractivity contribution in [3.8, 4) is 0 Å². The highest BCUT2D eigenvalue weighted by atomic mass is 35.5. The fourth-order valence-electron chi connectivity index (χ4n) is 3.75. The van der Waals surface area contributed by atoms with Crippen LogP contribution >= 0.6 is 34.8 Å². The molecular weight excluding hydrogens is 557 g/mol. The molecule has 0 fully saturated rings. The standard InChI is InChI=1S/C26H34Cl3N3O4S/c1-6-17(2)30-26(34)19(4)31(16-20-22(28)11-7-12-23(20)29)25(33)14-9-15-32(37(5,35)36)24-13-8-10-21(27)18(24)3/h7-8,10-13,17,19H,6,9,14-16H2,1-5H3,(H,30,34)/t17-,19+/m0/s1. The summed E-state index contributed by atoms with van der Waals surface area (Å²) in [6.07, 6.45) is 2.09. The van der Waals surface area contributed by atoms with Gasteiger partial charge in [0.15, 0.2) is 0 Å². The monoisotopic (exact) mass is 589 g/mol. The molecule has 0 aliphatic rings. The lowest BCUT2D eigenvalue weighted by Gasteiger charge is -2.31. The van der Waals surface area contributed by atoms with Crippen LogP contribution in [0.1, 0.15) is 51.2 Å². The summed E-state index contributed by atoms with van der Waals surface area (Å²) >= 11 is 18.9. The quantitative estimate of drug-likeness (QED) is 0.337. The van der Waals surface area contributed by atoms with E-state index >= 15 is 0 Å². The first-order chi connectivity index (χ1) is 17.3. The fraction of sp³-hybridized carbons (Fsp3) is 0.462. The third kappa shape index (κ3) is 8.50. The van der Waals surface area contributed by atoms with Crippen LogP contribution in [0.5, 0.6) is 0 Å². The van der Waals surface area contributed by atoms with Crippen LogP contribution in [-0.4, -0.2) is 50.0 Å². The first-order valence-corrected chi connectivity index (χ1v) is 15.0. The second kappa shape index (κ2) is 13.7. The molecule has 0 radical (unpaired) electrons. The summed E-state index contributed by atoms with van der Waals surface area (Å²) in [6, 6.07) is 9.25. The molecule has 0 spiro atoms. The minimum Gasteiger partial charge on any atom is -0.352 e. The van der Waals surface area contributed by atoms with Gasteiger partial charge in [-0.3, -0.25) is 13.9 Å². The zero-order chi connectivity index (χ0) is 27.9. The number of carbonyl (C=O) groups excluding carboxylic acids is 2. The lowest BCUT2D eigenvalue weighted by molar-refractivity contribution is -0.140. The summed E-state index contributed by atoms with van der Waals surface area (Å²) in [6.45, 7) is 7.35. The van der Waals surface area contributed by atoms with Crippen molar-refractivity contribution >= 4 is 62.3 Å². The second-order valence-electron chi connectivity index (χ2n) is 9.04. The highest BCUT2D eigenvalue weighted by Gasteiger charge is 2.28. The molecule has 204 valence electrons. The summed E-state index contributed by atoms with van der Waals surface area (Å²) < 4.78 is 26.4. The van der Waals surface area contributed by atoms with Crippen molar-refractivity contribution in [3.63, 3.8) is 0 Å². The number of sulfonamides is 1. The van der Waals surface area contributed by atoms with Gasteiger partial charge in [-0.05, 0) is 63.4 Å². The Balaban J connectivity index is 2.27. The summed E-state index contributed by atoms with van der Waals surface area (Å²) in [5.41, 5.74) is 1.63. The Kier molecular flexibility index (Phi) is 11.6. The molecule has 0 saturated carbocycles. The van der Waals surface area contributed by atoms with Gasteiger partial charge in [0.2, 0.25) is 21.8 Å². The number of nitrogens with one attached hydrogen (secondary N) is 1. The number of hydrogen-bond acceptors (Lipinski definition) is 4. The molecule has 0 saturated heterocycles. The number of anilines is 1. The maximum atomic E-state index is 13.4. The Morgan fingerprint density at radius 2 is 1.57 bits per heavy atom. The van der Waals surface area contributed by atoms with Gasteiger partial charge >= 0.3 is 0 Å². The van der Waals surface area contributed by atoms with Crippen LogP contribution in [0.3, 0.4) is 0 Å². The molecule has 0 aliphatic carbocycles. The van der Waals surface area contributed by atoms with Crippen molar-refractivity contribution in [2.75, 3.05) is 17.1 Å². The van der Waals surface area contributed by atoms with Crippen molar-refractivity contribution < 1.29 is 18.0 Å². The number of amides is 2. The third-order valence-electron chi connectivity index (χ3n) is 6.22. The van der Waals surface area contributed by atoms with E-state index in [1.54, 1.807) is 50.2 Å². The number of rotatable bonds is 12. The molecule has 0 unspecified atom stereocenters. The molecule has 0 aromatic heterocycles. The molecule has 0 aliphatic heterocycles. The minimum absolute atomic E-state index is 0.00859. The van der Waals surface area contributed by atoms with Gasteiger partial charge in [-0.15, -0.1) is 0 Å². The van der Waals surface area contributed by atoms with Crippen molar-refractivity contribution in [2.45, 2.75) is 65.6 Å². The van der Waals surface area contributed by atoms with Crippen LogP contribution in [0.2, 0.25) is 15.1 Å². The minimum atomic E-state index is -3.63. The Bertz CT molecular complexity index is 1200. The zero-order valence-electron chi connectivity index (χ0n) is 21.7. The van der Waals surface area contributed by atoms with E-state index in [0.29, 0.717) is 31.9 Å². The van der Waals surface area contributed by atoms with E-state index in [-0.39, 0.29) is 43.8 Å². The van der Waals surface area contributed by atoms with Crippen LogP contribution in [0, 0.1) is 6.92 Å². The van der Waals surface area contributed by atoms with E-state index in [0.717, 1.165) is 12.7 Å². The van der Waals surface area contributed by atoms with E-state index in [9.17, 15) is 18.0 Å². The molecule has 7 nitrogen and oxygen atoms in total. The first-order valence-electron chi connectivity index (χ1n) is 12.0. The van der Waals surface area contributed by atoms with Gasteiger partial charge < -0.3 is 10.2 Å². The van der Waals surface area contributed by atoms with E-state index in [4.69, 9.17) is 34.8 Å². The lowest BCUT2D eigenvalue weighted by Crippen LogP contribution is -2.49. The van der Waals surface area contributed by atoms with Crippen molar-refractivity contribution in [1.29, 1.82) is 0 Å². The third-order valence-corrected chi connectivity index (χ3v) is 8.52. The van der Waals surface area contributed by atoms with Crippen LogP contribution in [0.4, 0.5) is 5.69 Å². The van der Waals surface area contributed by atoms with Gasteiger partial charge in [-0.2, -0.15) is 0 Å². The number of halogens is 3. The molecule has 11 heteroatoms. The molecule has 2 rings (SSSR count). The predicted octanol–water partition coefficient (Wildman–Crippen LogP) is 5.83. The Labute approximate surface area is 235 Å². The molecule has 2 amide bonds. The average molecular weight is 591 g/mol. The largest absolute Gasteiger partial charge is 0.352 e. The summed E-state index contributed by atoms with van der Waals surface area (Å²) in [5, 5.41) is 4.14. The SMILES string of the molecule is CC[C@H](C)NC(=O)[C@@H](C)N(Cc1c(Cl)cccc1Cl)C(=O)CCCN(c1cccc(Cl)c1C)S(C)(=O)=O. The molecular formula is C26H34Cl3N3O4S. The van der Waals surface area contributed by atoms with E-state index in [1.165, 1.54) is 9.21 Å². The summed E-state index contributed by atoms with van der Waals surface area (Å²) in [4.78, 5) is 27.8. The van der Waals surface area contributed by atoms with Gasteiger partial charge in [0.1, 0.15) is 6.04 Å². The van der Waals surface area contributed by atoms with Crippen LogP contribution in [-0.2, 0) is 26.2 Å². The smallest absolute Gasteiger partial charge is 0.242 e. The van der Waals surface area contributed by atoms with Crippen molar-refractivity contribution in [2.24, 2.45) is 0 Å². The lowest BCUT2D eigenvalue weighted by atomic mass is 10.1. The maximum Gasteiger partial charge on any atom is 0.242 e. The Hall–Kier alpha value is -2.00. The highest BCUT2D eigenvalue weighted by molar-refractivity contribution is 7.92. The van der Waals surface area contributed by atoms with Gasteiger partial charge in [-0.1, -0.05) is 53.9 Å². The number of benzene rings is 2. The number of nitrogens with zero attached hydrogens (tertiary/aromatic N) is 2. The average Bonchev–Trinajstić information content (AvgIpc) is 2.82. The van der Waals surface area contributed by atoms with E-state index < -0.39 is 16.1 Å². The maximum absolute atomic E-state index is 13.4. The summed E-state index contributed by atoms with van der Waals surface area (Å²) in [7, 11) is -3.63. The zero-order valence-corrected chi connectivity index (χ0v) is 24.8. The highest BCUT2D eigenvalue weighted by Crippen LogP contribution is 2.29. The van der Waals surface area contributed by atoms with Crippen LogP contribution < -0.4 is 9.62 Å². The van der Waals surface area contributed by atoms with Crippen molar-refractivity contribution in [1.82, 2.24) is 10.2 Å². The molecule has 2 atom stereocenters. The molecule has 2 aromatic carbocycles. The predicted molar refractivity (Wildman–Crippen MR) is 152 cm³/mol. The molecule has 0 heterocycles. The first kappa shape index (κ1) is 31.2. The van der Waals surface area contributed by atoms with Crippen molar-refractivity contribution in [3.05, 3.63) is 62.6 Å². The van der Waals surface area contributed by atoms with Crippen LogP contribution in [0.25, 0.3) is 0 Å².